The molecule has 0 spiro atoms. The molecule has 19 heavy (non-hydrogen) atoms. The summed E-state index contributed by atoms with van der Waals surface area (Å²) in [6, 6.07) is 1.42. The fourth-order valence-corrected chi connectivity index (χ4v) is 3.63. The molecular weight excluding hydrogens is 254 g/mol. The third-order valence-electron chi connectivity index (χ3n) is 4.64. The van der Waals surface area contributed by atoms with Crippen molar-refractivity contribution >= 4 is 17.3 Å². The molecule has 0 saturated heterocycles. The maximum atomic E-state index is 5.38. The van der Waals surface area contributed by atoms with Gasteiger partial charge in [0.1, 0.15) is 0 Å². The van der Waals surface area contributed by atoms with Crippen molar-refractivity contribution in [2.75, 3.05) is 20.1 Å². The van der Waals surface area contributed by atoms with E-state index in [-0.39, 0.29) is 0 Å². The van der Waals surface area contributed by atoms with Gasteiger partial charge in [-0.1, -0.05) is 32.1 Å². The van der Waals surface area contributed by atoms with Crippen molar-refractivity contribution in [1.82, 2.24) is 15.5 Å². The zero-order chi connectivity index (χ0) is 13.5. The van der Waals surface area contributed by atoms with Gasteiger partial charge in [0.25, 0.3) is 0 Å². The molecule has 2 N–H and O–H groups in total. The van der Waals surface area contributed by atoms with Crippen LogP contribution >= 0.6 is 12.2 Å². The van der Waals surface area contributed by atoms with Crippen LogP contribution in [0.4, 0.5) is 0 Å². The summed E-state index contributed by atoms with van der Waals surface area (Å²) in [6.45, 7) is 2.06. The molecule has 2 saturated carbocycles. The van der Waals surface area contributed by atoms with E-state index < -0.39 is 0 Å². The number of hydrogen-bond acceptors (Lipinski definition) is 2. The molecule has 3 nitrogen and oxygen atoms in total. The van der Waals surface area contributed by atoms with Gasteiger partial charge in [0.15, 0.2) is 5.11 Å². The van der Waals surface area contributed by atoms with E-state index in [1.54, 1.807) is 0 Å². The maximum Gasteiger partial charge on any atom is 0.166 e. The third kappa shape index (κ3) is 5.27. The standard InChI is InChI=1S/C15H29N3S/c1-18(14-9-5-6-10-14)12-11-16-15(19)17-13-7-3-2-4-8-13/h13-14H,2-12H2,1H3,(H2,16,17,19). The molecule has 0 unspecified atom stereocenters. The molecule has 2 aliphatic carbocycles. The van der Waals surface area contributed by atoms with Gasteiger partial charge in [-0.15, -0.1) is 0 Å². The van der Waals surface area contributed by atoms with Gasteiger partial charge in [0, 0.05) is 25.2 Å². The third-order valence-corrected chi connectivity index (χ3v) is 4.90. The number of likely N-dealkylation sites (N-methyl/N-ethyl adjacent to an activating group) is 1. The Balaban J connectivity index is 1.55. The van der Waals surface area contributed by atoms with Crippen LogP contribution in [0.1, 0.15) is 57.8 Å². The highest BCUT2D eigenvalue weighted by Gasteiger charge is 2.19. The van der Waals surface area contributed by atoms with E-state index in [0.717, 1.165) is 24.2 Å². The Hall–Kier alpha value is -0.350. The molecule has 0 radical (unpaired) electrons. The second kappa shape index (κ2) is 8.05. The minimum absolute atomic E-state index is 0.612. The van der Waals surface area contributed by atoms with Crippen molar-refractivity contribution in [3.8, 4) is 0 Å². The summed E-state index contributed by atoms with van der Waals surface area (Å²) in [5.41, 5.74) is 0. The second-order valence-electron chi connectivity index (χ2n) is 6.15. The van der Waals surface area contributed by atoms with Gasteiger partial charge in [-0.2, -0.15) is 0 Å². The summed E-state index contributed by atoms with van der Waals surface area (Å²) in [4.78, 5) is 2.49. The fraction of sp³-hybridized carbons (Fsp3) is 0.933. The van der Waals surface area contributed by atoms with Crippen LogP contribution in [0.25, 0.3) is 0 Å². The van der Waals surface area contributed by atoms with E-state index in [9.17, 15) is 0 Å². The summed E-state index contributed by atoms with van der Waals surface area (Å²) in [5, 5.41) is 7.68. The fourth-order valence-electron chi connectivity index (χ4n) is 3.36. The lowest BCUT2D eigenvalue weighted by Crippen LogP contribution is -2.45. The zero-order valence-electron chi connectivity index (χ0n) is 12.3. The van der Waals surface area contributed by atoms with Crippen molar-refractivity contribution in [3.63, 3.8) is 0 Å². The molecular formula is C15H29N3S. The summed E-state index contributed by atoms with van der Waals surface area (Å²) in [7, 11) is 2.25. The van der Waals surface area contributed by atoms with Gasteiger partial charge < -0.3 is 15.5 Å². The topological polar surface area (TPSA) is 27.3 Å². The number of nitrogens with zero attached hydrogens (tertiary/aromatic N) is 1. The molecule has 110 valence electrons. The first-order valence-electron chi connectivity index (χ1n) is 8.00. The van der Waals surface area contributed by atoms with Crippen molar-refractivity contribution in [2.24, 2.45) is 0 Å². The second-order valence-corrected chi connectivity index (χ2v) is 6.56. The van der Waals surface area contributed by atoms with Crippen LogP contribution in [-0.4, -0.2) is 42.2 Å². The molecule has 0 aromatic rings. The number of nitrogens with one attached hydrogen (secondary N) is 2. The Kier molecular flexibility index (Phi) is 6.38. The van der Waals surface area contributed by atoms with E-state index in [1.807, 2.05) is 0 Å². The zero-order valence-corrected chi connectivity index (χ0v) is 13.1. The number of rotatable bonds is 5. The molecule has 0 aromatic heterocycles. The van der Waals surface area contributed by atoms with Gasteiger partial charge in [-0.25, -0.2) is 0 Å². The van der Waals surface area contributed by atoms with E-state index in [4.69, 9.17) is 12.2 Å². The molecule has 2 rings (SSSR count). The number of thiocarbonyl (C=S) groups is 1. The van der Waals surface area contributed by atoms with Gasteiger partial charge in [-0.3, -0.25) is 0 Å². The first-order valence-corrected chi connectivity index (χ1v) is 8.41. The SMILES string of the molecule is CN(CCNC(=S)NC1CCCCC1)C1CCCC1. The molecule has 0 aromatic carbocycles. The van der Waals surface area contributed by atoms with Crippen molar-refractivity contribution in [1.29, 1.82) is 0 Å². The van der Waals surface area contributed by atoms with Gasteiger partial charge in [0.05, 0.1) is 0 Å². The molecule has 0 atom stereocenters. The van der Waals surface area contributed by atoms with Crippen LogP contribution in [0.3, 0.4) is 0 Å². The molecule has 4 heteroatoms. The molecule has 2 fully saturated rings. The monoisotopic (exact) mass is 283 g/mol. The van der Waals surface area contributed by atoms with E-state index in [1.165, 1.54) is 57.8 Å². The lowest BCUT2D eigenvalue weighted by atomic mass is 9.96. The van der Waals surface area contributed by atoms with Gasteiger partial charge >= 0.3 is 0 Å². The molecule has 0 heterocycles. The Bertz CT molecular complexity index is 271. The lowest BCUT2D eigenvalue weighted by Gasteiger charge is -2.26. The molecule has 0 aliphatic heterocycles. The van der Waals surface area contributed by atoms with E-state index in [2.05, 4.69) is 22.6 Å². The highest BCUT2D eigenvalue weighted by Crippen LogP contribution is 2.21. The Morgan fingerprint density at radius 3 is 2.37 bits per heavy atom. The van der Waals surface area contributed by atoms with Crippen molar-refractivity contribution < 1.29 is 0 Å². The summed E-state index contributed by atoms with van der Waals surface area (Å²) < 4.78 is 0. The van der Waals surface area contributed by atoms with Gasteiger partial charge in [0.2, 0.25) is 0 Å². The van der Waals surface area contributed by atoms with E-state index >= 15 is 0 Å². The van der Waals surface area contributed by atoms with Crippen LogP contribution in [0, 0.1) is 0 Å². The minimum atomic E-state index is 0.612. The highest BCUT2D eigenvalue weighted by atomic mass is 32.1. The van der Waals surface area contributed by atoms with Crippen LogP contribution < -0.4 is 10.6 Å². The predicted octanol–water partition coefficient (Wildman–Crippen LogP) is 2.66. The first-order chi connectivity index (χ1) is 9.25. The summed E-state index contributed by atoms with van der Waals surface area (Å²) in [6.07, 6.45) is 12.2. The Labute approximate surface area is 123 Å². The lowest BCUT2D eigenvalue weighted by molar-refractivity contribution is 0.249. The smallest absolute Gasteiger partial charge is 0.166 e. The molecule has 2 aliphatic rings. The number of hydrogen-bond donors (Lipinski definition) is 2. The molecule has 0 amide bonds. The quantitative estimate of drug-likeness (QED) is 0.759. The Morgan fingerprint density at radius 1 is 1.05 bits per heavy atom. The van der Waals surface area contributed by atoms with Crippen molar-refractivity contribution in [2.45, 2.75) is 69.9 Å². The normalized spacial score (nSPS) is 21.8. The highest BCUT2D eigenvalue weighted by molar-refractivity contribution is 7.80. The van der Waals surface area contributed by atoms with E-state index in [0.29, 0.717) is 6.04 Å². The minimum Gasteiger partial charge on any atom is -0.361 e. The largest absolute Gasteiger partial charge is 0.361 e. The van der Waals surface area contributed by atoms with Crippen LogP contribution in [0.2, 0.25) is 0 Å². The molecule has 0 bridgehead atoms. The van der Waals surface area contributed by atoms with Crippen LogP contribution in [-0.2, 0) is 0 Å². The average Bonchev–Trinajstić information content (AvgIpc) is 2.93. The van der Waals surface area contributed by atoms with Crippen molar-refractivity contribution in [3.05, 3.63) is 0 Å². The predicted molar refractivity (Wildman–Crippen MR) is 85.5 cm³/mol. The van der Waals surface area contributed by atoms with Crippen LogP contribution in [0.5, 0.6) is 0 Å². The summed E-state index contributed by atoms with van der Waals surface area (Å²) >= 11 is 5.38. The Morgan fingerprint density at radius 2 is 1.68 bits per heavy atom. The van der Waals surface area contributed by atoms with Gasteiger partial charge in [-0.05, 0) is 44.9 Å². The maximum absolute atomic E-state index is 5.38. The summed E-state index contributed by atoms with van der Waals surface area (Å²) in [5.74, 6) is 0. The average molecular weight is 283 g/mol. The van der Waals surface area contributed by atoms with Crippen LogP contribution in [0.15, 0.2) is 0 Å². The first kappa shape index (κ1) is 15.0.